The minimum absolute atomic E-state index is 0.179. The summed E-state index contributed by atoms with van der Waals surface area (Å²) in [5.74, 6) is -0.550. The highest BCUT2D eigenvalue weighted by atomic mass is 32.2. The van der Waals surface area contributed by atoms with E-state index in [1.165, 1.54) is 11.4 Å². The Morgan fingerprint density at radius 3 is 2.38 bits per heavy atom. The molecule has 138 valence electrons. The summed E-state index contributed by atoms with van der Waals surface area (Å²) in [6.07, 6.45) is 5.28. The molecule has 1 unspecified atom stereocenters. The first-order valence-corrected chi connectivity index (χ1v) is 10.4. The second-order valence-electron chi connectivity index (χ2n) is 7.21. The zero-order valence-corrected chi connectivity index (χ0v) is 15.5. The number of sulfonamides is 1. The molecular weight excluding hydrogens is 332 g/mol. The minimum Gasteiger partial charge on any atom is -0.467 e. The molecule has 0 aromatic heterocycles. The number of carbonyl (C=O) groups is 2. The Morgan fingerprint density at radius 2 is 1.83 bits per heavy atom. The fraction of sp³-hybridized carbons (Fsp3) is 0.875. The van der Waals surface area contributed by atoms with E-state index < -0.39 is 27.4 Å². The number of amides is 1. The maximum absolute atomic E-state index is 12.7. The van der Waals surface area contributed by atoms with Crippen LogP contribution in [0.15, 0.2) is 0 Å². The molecule has 1 saturated carbocycles. The fourth-order valence-corrected chi connectivity index (χ4v) is 4.54. The highest BCUT2D eigenvalue weighted by Gasteiger charge is 2.44. The Bertz CT molecular complexity index is 581. The summed E-state index contributed by atoms with van der Waals surface area (Å²) in [6.45, 7) is 2.76. The number of ether oxygens (including phenoxy) is 1. The largest absolute Gasteiger partial charge is 0.467 e. The maximum Gasteiger partial charge on any atom is 0.331 e. The van der Waals surface area contributed by atoms with Crippen molar-refractivity contribution in [2.75, 3.05) is 26.5 Å². The van der Waals surface area contributed by atoms with E-state index in [-0.39, 0.29) is 12.5 Å². The Morgan fingerprint density at radius 1 is 1.21 bits per heavy atom. The lowest BCUT2D eigenvalue weighted by Gasteiger charge is -2.39. The highest BCUT2D eigenvalue weighted by Crippen LogP contribution is 2.33. The summed E-state index contributed by atoms with van der Waals surface area (Å²) in [4.78, 5) is 25.0. The topological polar surface area (TPSA) is 92.8 Å². The first kappa shape index (κ1) is 19.2. The van der Waals surface area contributed by atoms with Gasteiger partial charge in [-0.15, -0.1) is 0 Å². The van der Waals surface area contributed by atoms with Gasteiger partial charge < -0.3 is 10.1 Å². The van der Waals surface area contributed by atoms with Crippen molar-refractivity contribution in [3.8, 4) is 0 Å². The highest BCUT2D eigenvalue weighted by molar-refractivity contribution is 7.88. The Balaban J connectivity index is 2.09. The Kier molecular flexibility index (Phi) is 5.91. The van der Waals surface area contributed by atoms with E-state index in [1.807, 2.05) is 0 Å². The monoisotopic (exact) mass is 360 g/mol. The third-order valence-electron chi connectivity index (χ3n) is 5.29. The molecule has 1 aliphatic heterocycles. The minimum atomic E-state index is -3.31. The van der Waals surface area contributed by atoms with Crippen molar-refractivity contribution in [2.45, 2.75) is 51.0 Å². The molecule has 7 nitrogen and oxygen atoms in total. The van der Waals surface area contributed by atoms with Gasteiger partial charge in [-0.2, -0.15) is 0 Å². The molecule has 0 spiro atoms. The smallest absolute Gasteiger partial charge is 0.331 e. The van der Waals surface area contributed by atoms with Gasteiger partial charge in [-0.05, 0) is 44.4 Å². The van der Waals surface area contributed by atoms with E-state index in [1.54, 1.807) is 0 Å². The van der Waals surface area contributed by atoms with Crippen molar-refractivity contribution >= 4 is 21.9 Å². The van der Waals surface area contributed by atoms with Crippen LogP contribution in [-0.4, -0.2) is 56.6 Å². The number of nitrogens with one attached hydrogen (secondary N) is 1. The second-order valence-corrected chi connectivity index (χ2v) is 9.19. The van der Waals surface area contributed by atoms with Crippen molar-refractivity contribution in [3.05, 3.63) is 0 Å². The Labute approximate surface area is 144 Å². The van der Waals surface area contributed by atoms with E-state index in [0.717, 1.165) is 19.1 Å². The van der Waals surface area contributed by atoms with Crippen LogP contribution in [0.1, 0.15) is 45.4 Å². The molecular formula is C16H28N2O5S. The van der Waals surface area contributed by atoms with E-state index in [9.17, 15) is 18.0 Å². The standard InChI is InChI=1S/C16H28N2O5S/c1-12-6-8-16(9-7-12,15(20)23-2)17-14(19)13-5-4-10-18(11-13)24(3,21)22/h12-13H,4-11H2,1-3H3,(H,17,19). The number of nitrogens with zero attached hydrogens (tertiary/aromatic N) is 1. The van der Waals surface area contributed by atoms with Crippen LogP contribution in [-0.2, 0) is 24.3 Å². The SMILES string of the molecule is COC(=O)C1(NC(=O)C2CCCN(S(C)(=O)=O)C2)CCC(C)CC1. The van der Waals surface area contributed by atoms with Crippen molar-refractivity contribution in [2.24, 2.45) is 11.8 Å². The number of esters is 1. The predicted octanol–water partition coefficient (Wildman–Crippen LogP) is 0.896. The van der Waals surface area contributed by atoms with E-state index in [4.69, 9.17) is 4.74 Å². The van der Waals surface area contributed by atoms with Gasteiger partial charge in [-0.1, -0.05) is 6.92 Å². The molecule has 0 radical (unpaired) electrons. The number of hydrogen-bond donors (Lipinski definition) is 1. The molecule has 1 saturated heterocycles. The molecule has 1 heterocycles. The lowest BCUT2D eigenvalue weighted by Crippen LogP contribution is -2.59. The summed E-state index contributed by atoms with van der Waals surface area (Å²) in [5, 5.41) is 2.91. The molecule has 24 heavy (non-hydrogen) atoms. The number of piperidine rings is 1. The summed E-state index contributed by atoms with van der Waals surface area (Å²) >= 11 is 0. The van der Waals surface area contributed by atoms with Crippen LogP contribution in [0.4, 0.5) is 0 Å². The van der Waals surface area contributed by atoms with Crippen LogP contribution in [0.3, 0.4) is 0 Å². The first-order valence-electron chi connectivity index (χ1n) is 8.53. The van der Waals surface area contributed by atoms with Gasteiger partial charge in [0.2, 0.25) is 15.9 Å². The molecule has 1 N–H and O–H groups in total. The van der Waals surface area contributed by atoms with Gasteiger partial charge in [0.25, 0.3) is 0 Å². The third-order valence-corrected chi connectivity index (χ3v) is 6.56. The van der Waals surface area contributed by atoms with Gasteiger partial charge in [0.15, 0.2) is 0 Å². The molecule has 2 aliphatic rings. The predicted molar refractivity (Wildman–Crippen MR) is 89.7 cm³/mol. The van der Waals surface area contributed by atoms with Crippen molar-refractivity contribution in [1.29, 1.82) is 0 Å². The van der Waals surface area contributed by atoms with Crippen molar-refractivity contribution in [3.63, 3.8) is 0 Å². The molecule has 2 rings (SSSR count). The average Bonchev–Trinajstić information content (AvgIpc) is 2.55. The number of hydrogen-bond acceptors (Lipinski definition) is 5. The van der Waals surface area contributed by atoms with Crippen LogP contribution in [0.25, 0.3) is 0 Å². The zero-order chi connectivity index (χ0) is 18.0. The van der Waals surface area contributed by atoms with Crippen LogP contribution in [0, 0.1) is 11.8 Å². The lowest BCUT2D eigenvalue weighted by molar-refractivity contribution is -0.153. The summed E-state index contributed by atoms with van der Waals surface area (Å²) in [6, 6.07) is 0. The molecule has 2 fully saturated rings. The quantitative estimate of drug-likeness (QED) is 0.752. The molecule has 1 amide bonds. The van der Waals surface area contributed by atoms with Gasteiger partial charge in [-0.3, -0.25) is 4.79 Å². The number of methoxy groups -OCH3 is 1. The summed E-state index contributed by atoms with van der Waals surface area (Å²) in [5.41, 5.74) is -0.967. The van der Waals surface area contributed by atoms with Crippen LogP contribution < -0.4 is 5.32 Å². The molecule has 1 aliphatic carbocycles. The Hall–Kier alpha value is -1.15. The third kappa shape index (κ3) is 4.27. The second kappa shape index (κ2) is 7.39. The molecule has 1 atom stereocenters. The zero-order valence-electron chi connectivity index (χ0n) is 14.7. The number of carbonyl (C=O) groups excluding carboxylic acids is 2. The van der Waals surface area contributed by atoms with Crippen LogP contribution in [0.2, 0.25) is 0 Å². The number of rotatable bonds is 4. The van der Waals surface area contributed by atoms with E-state index >= 15 is 0 Å². The summed E-state index contributed by atoms with van der Waals surface area (Å²) in [7, 11) is -1.97. The van der Waals surface area contributed by atoms with Gasteiger partial charge in [0.1, 0.15) is 5.54 Å². The van der Waals surface area contributed by atoms with E-state index in [0.29, 0.717) is 38.1 Å². The molecule has 0 aromatic rings. The first-order chi connectivity index (χ1) is 11.2. The molecule has 0 bridgehead atoms. The summed E-state index contributed by atoms with van der Waals surface area (Å²) < 4.78 is 29.7. The van der Waals surface area contributed by atoms with Gasteiger partial charge in [0.05, 0.1) is 19.3 Å². The normalized spacial score (nSPS) is 32.1. The molecule has 8 heteroatoms. The van der Waals surface area contributed by atoms with Crippen molar-refractivity contribution < 1.29 is 22.7 Å². The maximum atomic E-state index is 12.7. The average molecular weight is 360 g/mol. The lowest BCUT2D eigenvalue weighted by atomic mass is 9.76. The van der Waals surface area contributed by atoms with Gasteiger partial charge in [-0.25, -0.2) is 17.5 Å². The molecule has 0 aromatic carbocycles. The van der Waals surface area contributed by atoms with Gasteiger partial charge >= 0.3 is 5.97 Å². The van der Waals surface area contributed by atoms with Crippen LogP contribution in [0.5, 0.6) is 0 Å². The van der Waals surface area contributed by atoms with Crippen molar-refractivity contribution in [1.82, 2.24) is 9.62 Å². The fourth-order valence-electron chi connectivity index (χ4n) is 3.63. The van der Waals surface area contributed by atoms with Crippen LogP contribution >= 0.6 is 0 Å². The van der Waals surface area contributed by atoms with Gasteiger partial charge in [0, 0.05) is 13.1 Å². The van der Waals surface area contributed by atoms with E-state index in [2.05, 4.69) is 12.2 Å².